The lowest BCUT2D eigenvalue weighted by atomic mass is 10.5. The van der Waals surface area contributed by atoms with Crippen LogP contribution in [0.15, 0.2) is 0 Å². The molecule has 0 aromatic rings. The fraction of sp³-hybridized carbons (Fsp3) is 1.00. The van der Waals surface area contributed by atoms with Crippen LogP contribution in [0.3, 0.4) is 0 Å². The zero-order valence-electron chi connectivity index (χ0n) is 6.14. The van der Waals surface area contributed by atoms with Crippen LogP contribution in [0.4, 0.5) is 0 Å². The molecule has 0 aliphatic heterocycles. The Kier molecular flexibility index (Phi) is 13.6. The van der Waals surface area contributed by atoms with E-state index < -0.39 is 0 Å². The van der Waals surface area contributed by atoms with E-state index in [4.69, 9.17) is 5.11 Å². The summed E-state index contributed by atoms with van der Waals surface area (Å²) in [4.78, 5) is 0. The highest BCUT2D eigenvalue weighted by Gasteiger charge is 1.69. The molecule has 0 spiro atoms. The number of rotatable bonds is 1. The first kappa shape index (κ1) is 10.8. The molecule has 1 N–H and O–H groups in total. The average molecular weight is 120 g/mol. The highest BCUT2D eigenvalue weighted by atomic mass is 16.5. The average Bonchev–Trinajstić information content (AvgIpc) is 1.65. The van der Waals surface area contributed by atoms with Crippen molar-refractivity contribution in [2.45, 2.75) is 26.9 Å². The van der Waals surface area contributed by atoms with Crippen molar-refractivity contribution in [3.05, 3.63) is 0 Å². The van der Waals surface area contributed by atoms with Gasteiger partial charge in [0, 0.05) is 19.8 Å². The Morgan fingerprint density at radius 1 is 1.50 bits per heavy atom. The van der Waals surface area contributed by atoms with Gasteiger partial charge in [0.15, 0.2) is 0 Å². The van der Waals surface area contributed by atoms with Crippen LogP contribution < -0.4 is 0 Å². The van der Waals surface area contributed by atoms with Crippen molar-refractivity contribution in [1.82, 2.24) is 0 Å². The SMILES string of the molecule is CC(C)O.CCOC. The van der Waals surface area contributed by atoms with Gasteiger partial charge in [-0.05, 0) is 20.8 Å². The maximum atomic E-state index is 8.06. The monoisotopic (exact) mass is 120 g/mol. The summed E-state index contributed by atoms with van der Waals surface area (Å²) < 4.78 is 4.54. The predicted molar refractivity (Wildman–Crippen MR) is 34.9 cm³/mol. The molecule has 8 heavy (non-hydrogen) atoms. The largest absolute Gasteiger partial charge is 0.394 e. The Morgan fingerprint density at radius 2 is 1.62 bits per heavy atom. The number of ether oxygens (including phenoxy) is 1. The minimum atomic E-state index is -0.167. The van der Waals surface area contributed by atoms with Crippen molar-refractivity contribution in [1.29, 1.82) is 0 Å². The summed E-state index contributed by atoms with van der Waals surface area (Å²) in [6.45, 7) is 6.22. The van der Waals surface area contributed by atoms with E-state index in [1.165, 1.54) is 0 Å². The van der Waals surface area contributed by atoms with E-state index in [2.05, 4.69) is 4.74 Å². The lowest BCUT2D eigenvalue weighted by Gasteiger charge is -1.80. The first-order chi connectivity index (χ1) is 3.65. The van der Waals surface area contributed by atoms with Crippen LogP contribution >= 0.6 is 0 Å². The molecule has 0 saturated heterocycles. The first-order valence-corrected chi connectivity index (χ1v) is 2.82. The lowest BCUT2D eigenvalue weighted by molar-refractivity contribution is 0.215. The molecule has 2 heteroatoms. The zero-order chi connectivity index (χ0) is 6.99. The molecule has 0 aliphatic carbocycles. The molecule has 0 aromatic heterocycles. The Bertz CT molecular complexity index is 23.0. The van der Waals surface area contributed by atoms with E-state index in [1.807, 2.05) is 6.92 Å². The first-order valence-electron chi connectivity index (χ1n) is 2.82. The second kappa shape index (κ2) is 10.0. The van der Waals surface area contributed by atoms with Crippen molar-refractivity contribution < 1.29 is 9.84 Å². The molecule has 0 aliphatic rings. The molecule has 0 fully saturated rings. The van der Waals surface area contributed by atoms with Crippen LogP contribution in [0.2, 0.25) is 0 Å². The molecule has 0 heterocycles. The van der Waals surface area contributed by atoms with Gasteiger partial charge in [0.2, 0.25) is 0 Å². The third-order valence-corrected chi connectivity index (χ3v) is 0.289. The van der Waals surface area contributed by atoms with Crippen molar-refractivity contribution in [3.8, 4) is 0 Å². The summed E-state index contributed by atoms with van der Waals surface area (Å²) in [6.07, 6.45) is -0.167. The quantitative estimate of drug-likeness (QED) is 0.560. The topological polar surface area (TPSA) is 29.5 Å². The van der Waals surface area contributed by atoms with E-state index in [0.717, 1.165) is 6.61 Å². The maximum Gasteiger partial charge on any atom is 0.0483 e. The number of hydrogen-bond donors (Lipinski definition) is 1. The van der Waals surface area contributed by atoms with Gasteiger partial charge in [-0.25, -0.2) is 0 Å². The smallest absolute Gasteiger partial charge is 0.0483 e. The van der Waals surface area contributed by atoms with E-state index >= 15 is 0 Å². The predicted octanol–water partition coefficient (Wildman–Crippen LogP) is 1.04. The Morgan fingerprint density at radius 3 is 1.62 bits per heavy atom. The summed E-state index contributed by atoms with van der Waals surface area (Å²) >= 11 is 0. The van der Waals surface area contributed by atoms with Crippen LogP contribution in [-0.2, 0) is 4.74 Å². The fourth-order valence-electron chi connectivity index (χ4n) is 0. The molecule has 52 valence electrons. The second-order valence-corrected chi connectivity index (χ2v) is 1.67. The molecule has 0 radical (unpaired) electrons. The van der Waals surface area contributed by atoms with Crippen LogP contribution in [0.1, 0.15) is 20.8 Å². The highest BCUT2D eigenvalue weighted by Crippen LogP contribution is 1.65. The Hall–Kier alpha value is -0.0800. The van der Waals surface area contributed by atoms with Crippen LogP contribution in [-0.4, -0.2) is 24.9 Å². The van der Waals surface area contributed by atoms with Gasteiger partial charge < -0.3 is 9.84 Å². The molecule has 0 rings (SSSR count). The third-order valence-electron chi connectivity index (χ3n) is 0.289. The molecule has 0 saturated carbocycles. The van der Waals surface area contributed by atoms with Gasteiger partial charge in [-0.1, -0.05) is 0 Å². The molecule has 0 unspecified atom stereocenters. The summed E-state index contributed by atoms with van der Waals surface area (Å²) in [5, 5.41) is 8.06. The fourth-order valence-corrected chi connectivity index (χ4v) is 0. The van der Waals surface area contributed by atoms with E-state index in [1.54, 1.807) is 21.0 Å². The molecule has 2 nitrogen and oxygen atoms in total. The van der Waals surface area contributed by atoms with Crippen LogP contribution in [0.5, 0.6) is 0 Å². The second-order valence-electron chi connectivity index (χ2n) is 1.67. The van der Waals surface area contributed by atoms with Gasteiger partial charge in [0.05, 0.1) is 0 Å². The zero-order valence-corrected chi connectivity index (χ0v) is 6.14. The third kappa shape index (κ3) is 169. The van der Waals surface area contributed by atoms with Crippen LogP contribution in [0, 0.1) is 0 Å². The maximum absolute atomic E-state index is 8.06. The van der Waals surface area contributed by atoms with E-state index in [-0.39, 0.29) is 6.10 Å². The standard InChI is InChI=1S/2C3H8O/c1-3-4-2;1-3(2)4/h3H2,1-2H3;3-4H,1-2H3. The summed E-state index contributed by atoms with van der Waals surface area (Å²) in [6, 6.07) is 0. The Labute approximate surface area is 51.5 Å². The van der Waals surface area contributed by atoms with Crippen molar-refractivity contribution in [2.75, 3.05) is 13.7 Å². The highest BCUT2D eigenvalue weighted by molar-refractivity contribution is 4.20. The number of aliphatic hydroxyl groups excluding tert-OH is 1. The van der Waals surface area contributed by atoms with Gasteiger partial charge in [-0.15, -0.1) is 0 Å². The minimum Gasteiger partial charge on any atom is -0.394 e. The molecule has 0 atom stereocenters. The van der Waals surface area contributed by atoms with E-state index in [9.17, 15) is 0 Å². The van der Waals surface area contributed by atoms with Gasteiger partial charge >= 0.3 is 0 Å². The summed E-state index contributed by atoms with van der Waals surface area (Å²) in [7, 11) is 1.68. The van der Waals surface area contributed by atoms with Crippen molar-refractivity contribution in [3.63, 3.8) is 0 Å². The molecular weight excluding hydrogens is 104 g/mol. The number of methoxy groups -OCH3 is 1. The Balaban J connectivity index is 0. The van der Waals surface area contributed by atoms with Gasteiger partial charge in [0.1, 0.15) is 0 Å². The van der Waals surface area contributed by atoms with Crippen molar-refractivity contribution >= 4 is 0 Å². The summed E-state index contributed by atoms with van der Waals surface area (Å²) in [5.41, 5.74) is 0. The normalized spacial score (nSPS) is 8.25. The molecule has 0 aromatic carbocycles. The number of aliphatic hydroxyl groups is 1. The van der Waals surface area contributed by atoms with Crippen LogP contribution in [0.25, 0.3) is 0 Å². The lowest BCUT2D eigenvalue weighted by Crippen LogP contribution is -1.85. The van der Waals surface area contributed by atoms with Gasteiger partial charge in [-0.2, -0.15) is 0 Å². The van der Waals surface area contributed by atoms with Crippen molar-refractivity contribution in [2.24, 2.45) is 0 Å². The number of hydrogen-bond acceptors (Lipinski definition) is 2. The molecule has 0 bridgehead atoms. The summed E-state index contributed by atoms with van der Waals surface area (Å²) in [5.74, 6) is 0. The molecule has 0 amide bonds. The minimum absolute atomic E-state index is 0.167. The van der Waals surface area contributed by atoms with Gasteiger partial charge in [0.25, 0.3) is 0 Å². The van der Waals surface area contributed by atoms with E-state index in [0.29, 0.717) is 0 Å². The van der Waals surface area contributed by atoms with Gasteiger partial charge in [-0.3, -0.25) is 0 Å². The molecular formula is C6H16O2.